The standard InChI is InChI=1S/C19H27ClN2O4/c1-25-16-6-5-14(12-17(16)26-2)13-19(24)22-10-7-15(8-11-22)21-18(23)4-3-9-20/h5-6,12,15H,3-4,7-11,13H2,1-2H3,(H,21,23). The molecule has 1 aliphatic heterocycles. The number of methoxy groups -OCH3 is 2. The zero-order valence-corrected chi connectivity index (χ0v) is 16.2. The van der Waals surface area contributed by atoms with Gasteiger partial charge in [0.25, 0.3) is 0 Å². The average molecular weight is 383 g/mol. The molecule has 2 rings (SSSR count). The molecule has 0 atom stereocenters. The lowest BCUT2D eigenvalue weighted by Gasteiger charge is -2.32. The molecule has 0 spiro atoms. The van der Waals surface area contributed by atoms with E-state index in [-0.39, 0.29) is 17.9 Å². The van der Waals surface area contributed by atoms with Crippen molar-refractivity contribution in [3.63, 3.8) is 0 Å². The highest BCUT2D eigenvalue weighted by Crippen LogP contribution is 2.28. The molecule has 2 amide bonds. The van der Waals surface area contributed by atoms with E-state index >= 15 is 0 Å². The summed E-state index contributed by atoms with van der Waals surface area (Å²) in [5, 5.41) is 3.02. The van der Waals surface area contributed by atoms with Crippen LogP contribution in [0.2, 0.25) is 0 Å². The zero-order chi connectivity index (χ0) is 18.9. The van der Waals surface area contributed by atoms with Crippen LogP contribution in [-0.4, -0.2) is 55.9 Å². The molecule has 7 heteroatoms. The molecular formula is C19H27ClN2O4. The molecule has 1 aliphatic rings. The average Bonchev–Trinajstić information content (AvgIpc) is 2.66. The number of halogens is 1. The van der Waals surface area contributed by atoms with Gasteiger partial charge in [-0.05, 0) is 37.0 Å². The van der Waals surface area contributed by atoms with E-state index < -0.39 is 0 Å². The van der Waals surface area contributed by atoms with E-state index in [4.69, 9.17) is 21.1 Å². The second-order valence-corrected chi connectivity index (χ2v) is 6.76. The monoisotopic (exact) mass is 382 g/mol. The quantitative estimate of drug-likeness (QED) is 0.701. The van der Waals surface area contributed by atoms with Crippen molar-refractivity contribution < 1.29 is 19.1 Å². The lowest BCUT2D eigenvalue weighted by molar-refractivity contribution is -0.131. The first-order valence-corrected chi connectivity index (χ1v) is 9.44. The first kappa shape index (κ1) is 20.4. The number of piperidine rings is 1. The molecule has 1 N–H and O–H groups in total. The van der Waals surface area contributed by atoms with Crippen molar-refractivity contribution in [3.8, 4) is 11.5 Å². The molecule has 0 radical (unpaired) electrons. The summed E-state index contributed by atoms with van der Waals surface area (Å²) < 4.78 is 10.5. The summed E-state index contributed by atoms with van der Waals surface area (Å²) in [6.07, 6.45) is 3.04. The van der Waals surface area contributed by atoms with Crippen LogP contribution in [-0.2, 0) is 16.0 Å². The molecule has 1 aromatic rings. The molecule has 0 saturated carbocycles. The predicted molar refractivity (Wildman–Crippen MR) is 101 cm³/mol. The predicted octanol–water partition coefficient (Wildman–Crippen LogP) is 2.37. The molecule has 1 heterocycles. The van der Waals surface area contributed by atoms with E-state index in [1.54, 1.807) is 14.2 Å². The Morgan fingerprint density at radius 1 is 1.19 bits per heavy atom. The molecular weight excluding hydrogens is 356 g/mol. The van der Waals surface area contributed by atoms with Gasteiger partial charge in [-0.15, -0.1) is 11.6 Å². The number of rotatable bonds is 8. The van der Waals surface area contributed by atoms with Crippen molar-refractivity contribution in [3.05, 3.63) is 23.8 Å². The number of carbonyl (C=O) groups is 2. The minimum Gasteiger partial charge on any atom is -0.493 e. The van der Waals surface area contributed by atoms with Crippen LogP contribution in [0.25, 0.3) is 0 Å². The van der Waals surface area contributed by atoms with Gasteiger partial charge in [-0.25, -0.2) is 0 Å². The van der Waals surface area contributed by atoms with Gasteiger partial charge < -0.3 is 19.7 Å². The Hall–Kier alpha value is -1.95. The number of nitrogens with one attached hydrogen (secondary N) is 1. The lowest BCUT2D eigenvalue weighted by Crippen LogP contribution is -2.46. The molecule has 1 aromatic carbocycles. The molecule has 1 fully saturated rings. The van der Waals surface area contributed by atoms with Crippen molar-refractivity contribution in [2.75, 3.05) is 33.2 Å². The summed E-state index contributed by atoms with van der Waals surface area (Å²) >= 11 is 5.61. The maximum atomic E-state index is 12.5. The van der Waals surface area contributed by atoms with Gasteiger partial charge in [0.05, 0.1) is 20.6 Å². The van der Waals surface area contributed by atoms with Crippen LogP contribution in [0, 0.1) is 0 Å². The smallest absolute Gasteiger partial charge is 0.226 e. The van der Waals surface area contributed by atoms with Gasteiger partial charge in [0.15, 0.2) is 11.5 Å². The Morgan fingerprint density at radius 3 is 2.50 bits per heavy atom. The highest BCUT2D eigenvalue weighted by atomic mass is 35.5. The zero-order valence-electron chi connectivity index (χ0n) is 15.4. The summed E-state index contributed by atoms with van der Waals surface area (Å²) in [5.74, 6) is 1.90. The SMILES string of the molecule is COc1ccc(CC(=O)N2CCC(NC(=O)CCCCl)CC2)cc1OC. The minimum atomic E-state index is 0.0424. The first-order chi connectivity index (χ1) is 12.6. The number of hydrogen-bond donors (Lipinski definition) is 1. The third-order valence-electron chi connectivity index (χ3n) is 4.55. The van der Waals surface area contributed by atoms with Crippen molar-refractivity contribution >= 4 is 23.4 Å². The lowest BCUT2D eigenvalue weighted by atomic mass is 10.0. The largest absolute Gasteiger partial charge is 0.493 e. The van der Waals surface area contributed by atoms with Crippen molar-refractivity contribution in [2.45, 2.75) is 38.1 Å². The van der Waals surface area contributed by atoms with Crippen LogP contribution in [0.4, 0.5) is 0 Å². The second kappa shape index (κ2) is 10.3. The normalized spacial score (nSPS) is 14.8. The van der Waals surface area contributed by atoms with E-state index in [1.807, 2.05) is 23.1 Å². The number of carbonyl (C=O) groups excluding carboxylic acids is 2. The topological polar surface area (TPSA) is 67.9 Å². The molecule has 0 bridgehead atoms. The maximum absolute atomic E-state index is 12.5. The highest BCUT2D eigenvalue weighted by molar-refractivity contribution is 6.17. The molecule has 0 aliphatic carbocycles. The van der Waals surface area contributed by atoms with Gasteiger partial charge in [-0.2, -0.15) is 0 Å². The Labute approximate surface area is 159 Å². The van der Waals surface area contributed by atoms with Gasteiger partial charge in [0.2, 0.25) is 11.8 Å². The number of nitrogens with zero attached hydrogens (tertiary/aromatic N) is 1. The minimum absolute atomic E-state index is 0.0424. The summed E-state index contributed by atoms with van der Waals surface area (Å²) in [6.45, 7) is 1.32. The van der Waals surface area contributed by atoms with E-state index in [2.05, 4.69) is 5.32 Å². The number of benzene rings is 1. The van der Waals surface area contributed by atoms with Crippen LogP contribution in [0.5, 0.6) is 11.5 Å². The second-order valence-electron chi connectivity index (χ2n) is 6.38. The van der Waals surface area contributed by atoms with Gasteiger partial charge in [-0.1, -0.05) is 6.07 Å². The fraction of sp³-hybridized carbons (Fsp3) is 0.579. The molecule has 1 saturated heterocycles. The van der Waals surface area contributed by atoms with E-state index in [0.717, 1.165) is 18.4 Å². The number of alkyl halides is 1. The maximum Gasteiger partial charge on any atom is 0.226 e. The molecule has 0 aromatic heterocycles. The van der Waals surface area contributed by atoms with Crippen LogP contribution in [0.3, 0.4) is 0 Å². The highest BCUT2D eigenvalue weighted by Gasteiger charge is 2.24. The van der Waals surface area contributed by atoms with Crippen molar-refractivity contribution in [1.82, 2.24) is 10.2 Å². The van der Waals surface area contributed by atoms with Gasteiger partial charge in [0.1, 0.15) is 0 Å². The number of likely N-dealkylation sites (tertiary alicyclic amines) is 1. The Kier molecular flexibility index (Phi) is 8.04. The van der Waals surface area contributed by atoms with Crippen molar-refractivity contribution in [2.24, 2.45) is 0 Å². The molecule has 6 nitrogen and oxygen atoms in total. The fourth-order valence-corrected chi connectivity index (χ4v) is 3.21. The van der Waals surface area contributed by atoms with E-state index in [9.17, 15) is 9.59 Å². The fourth-order valence-electron chi connectivity index (χ4n) is 3.08. The van der Waals surface area contributed by atoms with Crippen LogP contribution >= 0.6 is 11.6 Å². The summed E-state index contributed by atoms with van der Waals surface area (Å²) in [4.78, 5) is 26.2. The Bertz CT molecular complexity index is 616. The van der Waals surface area contributed by atoms with Crippen LogP contribution in [0.15, 0.2) is 18.2 Å². The number of amides is 2. The van der Waals surface area contributed by atoms with E-state index in [0.29, 0.717) is 49.7 Å². The van der Waals surface area contributed by atoms with Gasteiger partial charge >= 0.3 is 0 Å². The Balaban J connectivity index is 1.82. The molecule has 0 unspecified atom stereocenters. The van der Waals surface area contributed by atoms with Crippen LogP contribution in [0.1, 0.15) is 31.2 Å². The van der Waals surface area contributed by atoms with Crippen molar-refractivity contribution in [1.29, 1.82) is 0 Å². The third kappa shape index (κ3) is 5.80. The molecule has 26 heavy (non-hydrogen) atoms. The summed E-state index contributed by atoms with van der Waals surface area (Å²) in [6, 6.07) is 5.66. The summed E-state index contributed by atoms with van der Waals surface area (Å²) in [7, 11) is 3.16. The van der Waals surface area contributed by atoms with Gasteiger partial charge in [0, 0.05) is 31.4 Å². The Morgan fingerprint density at radius 2 is 1.88 bits per heavy atom. The van der Waals surface area contributed by atoms with Crippen LogP contribution < -0.4 is 14.8 Å². The number of hydrogen-bond acceptors (Lipinski definition) is 4. The first-order valence-electron chi connectivity index (χ1n) is 8.91. The van der Waals surface area contributed by atoms with Gasteiger partial charge in [-0.3, -0.25) is 9.59 Å². The third-order valence-corrected chi connectivity index (χ3v) is 4.82. The van der Waals surface area contributed by atoms with E-state index in [1.165, 1.54) is 0 Å². The molecule has 144 valence electrons. The number of ether oxygens (including phenoxy) is 2. The summed E-state index contributed by atoms with van der Waals surface area (Å²) in [5.41, 5.74) is 0.893.